The monoisotopic (exact) mass is 387 g/mol. The van der Waals surface area contributed by atoms with E-state index in [1.165, 1.54) is 17.0 Å². The molecular weight excluding hydrogens is 369 g/mol. The van der Waals surface area contributed by atoms with E-state index < -0.39 is 23.4 Å². The third-order valence-electron chi connectivity index (χ3n) is 3.20. The maximum atomic E-state index is 13.7. The Bertz CT molecular complexity index is 618. The predicted molar refractivity (Wildman–Crippen MR) is 85.6 cm³/mol. The van der Waals surface area contributed by atoms with Gasteiger partial charge in [-0.1, -0.05) is 0 Å². The summed E-state index contributed by atoms with van der Waals surface area (Å²) >= 11 is 3.11. The largest absolute Gasteiger partial charge is 0.444 e. The zero-order valence-electron chi connectivity index (χ0n) is 13.2. The van der Waals surface area contributed by atoms with Crippen molar-refractivity contribution < 1.29 is 18.7 Å². The van der Waals surface area contributed by atoms with E-state index in [0.717, 1.165) is 0 Å². The molecule has 2 heterocycles. The highest BCUT2D eigenvalue weighted by Gasteiger charge is 2.31. The minimum atomic E-state index is -0.687. The molecule has 1 aliphatic rings. The molecule has 0 radical (unpaired) electrons. The number of nitrogens with one attached hydrogen (secondary N) is 1. The molecule has 6 nitrogen and oxygen atoms in total. The molecule has 1 saturated heterocycles. The average Bonchev–Trinajstić information content (AvgIpc) is 2.88. The van der Waals surface area contributed by atoms with Crippen LogP contribution in [0.5, 0.6) is 0 Å². The first-order valence-electron chi connectivity index (χ1n) is 7.26. The summed E-state index contributed by atoms with van der Waals surface area (Å²) < 4.78 is 19.3. The van der Waals surface area contributed by atoms with Crippen LogP contribution in [0.1, 0.15) is 37.7 Å². The summed E-state index contributed by atoms with van der Waals surface area (Å²) in [6, 6.07) is 2.34. The summed E-state index contributed by atoms with van der Waals surface area (Å²) in [6.45, 7) is 6.19. The molecule has 2 rings (SSSR count). The van der Waals surface area contributed by atoms with E-state index in [1.807, 2.05) is 0 Å². The van der Waals surface area contributed by atoms with Gasteiger partial charge in [0.25, 0.3) is 5.91 Å². The molecule has 8 heteroatoms. The van der Waals surface area contributed by atoms with Crippen LogP contribution in [0.2, 0.25) is 0 Å². The zero-order chi connectivity index (χ0) is 17.2. The molecule has 0 aliphatic carbocycles. The third-order valence-corrected chi connectivity index (χ3v) is 3.64. The Morgan fingerprint density at radius 1 is 1.43 bits per heavy atom. The Balaban J connectivity index is 1.94. The number of amides is 2. The van der Waals surface area contributed by atoms with Gasteiger partial charge < -0.3 is 15.0 Å². The Hall–Kier alpha value is -1.70. The first kappa shape index (κ1) is 17.7. The summed E-state index contributed by atoms with van der Waals surface area (Å²) in [5, 5.41) is 2.70. The zero-order valence-corrected chi connectivity index (χ0v) is 14.8. The highest BCUT2D eigenvalue weighted by atomic mass is 79.9. The number of carbonyl (C=O) groups excluding carboxylic acids is 2. The number of nitrogens with zero attached hydrogens (tertiary/aromatic N) is 2. The molecule has 1 aliphatic heterocycles. The summed E-state index contributed by atoms with van der Waals surface area (Å²) in [5.41, 5.74) is -0.836. The molecule has 0 bridgehead atoms. The maximum Gasteiger partial charge on any atom is 0.410 e. The SMILES string of the molecule is CC(C)(C)OC(=O)N1CC[C@@H](NC(=O)c2nc(Br)ccc2F)C1. The fraction of sp³-hybridized carbons (Fsp3) is 0.533. The van der Waals surface area contributed by atoms with Crippen LogP contribution < -0.4 is 5.32 Å². The second-order valence-corrected chi connectivity index (χ2v) is 7.16. The van der Waals surface area contributed by atoms with Crippen molar-refractivity contribution in [2.45, 2.75) is 38.8 Å². The lowest BCUT2D eigenvalue weighted by atomic mass is 10.2. The molecule has 2 amide bonds. The quantitative estimate of drug-likeness (QED) is 0.791. The van der Waals surface area contributed by atoms with E-state index in [4.69, 9.17) is 4.74 Å². The second-order valence-electron chi connectivity index (χ2n) is 6.35. The molecule has 0 saturated carbocycles. The number of aromatic nitrogens is 1. The lowest BCUT2D eigenvalue weighted by molar-refractivity contribution is 0.0290. The fourth-order valence-corrected chi connectivity index (χ4v) is 2.51. The van der Waals surface area contributed by atoms with Crippen molar-refractivity contribution in [3.05, 3.63) is 28.2 Å². The minimum absolute atomic E-state index is 0.254. The van der Waals surface area contributed by atoms with Crippen molar-refractivity contribution in [2.24, 2.45) is 0 Å². The number of pyridine rings is 1. The highest BCUT2D eigenvalue weighted by Crippen LogP contribution is 2.16. The topological polar surface area (TPSA) is 71.5 Å². The van der Waals surface area contributed by atoms with E-state index in [-0.39, 0.29) is 11.7 Å². The molecular formula is C15H19BrFN3O3. The highest BCUT2D eigenvalue weighted by molar-refractivity contribution is 9.10. The molecule has 1 fully saturated rings. The van der Waals surface area contributed by atoms with Gasteiger partial charge in [-0.2, -0.15) is 0 Å². The molecule has 0 spiro atoms. The smallest absolute Gasteiger partial charge is 0.410 e. The van der Waals surface area contributed by atoms with Gasteiger partial charge in [0.1, 0.15) is 10.2 Å². The van der Waals surface area contributed by atoms with Crippen molar-refractivity contribution in [3.8, 4) is 0 Å². The second kappa shape index (κ2) is 6.82. The van der Waals surface area contributed by atoms with Gasteiger partial charge >= 0.3 is 6.09 Å². The van der Waals surface area contributed by atoms with Gasteiger partial charge in [-0.25, -0.2) is 14.2 Å². The first-order valence-corrected chi connectivity index (χ1v) is 8.06. The number of likely N-dealkylation sites (tertiary alicyclic amines) is 1. The summed E-state index contributed by atoms with van der Waals surface area (Å²) in [7, 11) is 0. The first-order chi connectivity index (χ1) is 10.7. The van der Waals surface area contributed by atoms with Crippen LogP contribution in [0.3, 0.4) is 0 Å². The van der Waals surface area contributed by atoms with E-state index >= 15 is 0 Å². The summed E-state index contributed by atoms with van der Waals surface area (Å²) in [5.74, 6) is -1.28. The number of carbonyl (C=O) groups is 2. The Labute approximate surface area is 142 Å². The molecule has 0 unspecified atom stereocenters. The van der Waals surface area contributed by atoms with Gasteiger partial charge in [0.15, 0.2) is 11.5 Å². The third kappa shape index (κ3) is 4.89. The summed E-state index contributed by atoms with van der Waals surface area (Å²) in [6.07, 6.45) is 0.168. The van der Waals surface area contributed by atoms with Crippen LogP contribution in [-0.2, 0) is 4.74 Å². The lowest BCUT2D eigenvalue weighted by Crippen LogP contribution is -2.40. The van der Waals surface area contributed by atoms with E-state index in [9.17, 15) is 14.0 Å². The van der Waals surface area contributed by atoms with E-state index in [1.54, 1.807) is 20.8 Å². The van der Waals surface area contributed by atoms with Crippen LogP contribution in [0.15, 0.2) is 16.7 Å². The normalized spacial score (nSPS) is 18.0. The van der Waals surface area contributed by atoms with Gasteiger partial charge in [-0.3, -0.25) is 4.79 Å². The average molecular weight is 388 g/mol. The lowest BCUT2D eigenvalue weighted by Gasteiger charge is -2.24. The Morgan fingerprint density at radius 3 is 2.78 bits per heavy atom. The Kier molecular flexibility index (Phi) is 5.23. The molecule has 1 N–H and O–H groups in total. The number of halogens is 2. The van der Waals surface area contributed by atoms with Crippen molar-refractivity contribution >= 4 is 27.9 Å². The molecule has 23 heavy (non-hydrogen) atoms. The van der Waals surface area contributed by atoms with Crippen molar-refractivity contribution in [3.63, 3.8) is 0 Å². The summed E-state index contributed by atoms with van der Waals surface area (Å²) in [4.78, 5) is 29.5. The molecule has 1 atom stereocenters. The van der Waals surface area contributed by atoms with E-state index in [0.29, 0.717) is 24.1 Å². The fourth-order valence-electron chi connectivity index (χ4n) is 2.20. The van der Waals surface area contributed by atoms with Gasteiger partial charge in [-0.05, 0) is 55.3 Å². The van der Waals surface area contributed by atoms with Gasteiger partial charge in [0, 0.05) is 19.1 Å². The van der Waals surface area contributed by atoms with Crippen LogP contribution in [0, 0.1) is 5.82 Å². The van der Waals surface area contributed by atoms with Crippen molar-refractivity contribution in [1.29, 1.82) is 0 Å². The van der Waals surface area contributed by atoms with Crippen molar-refractivity contribution in [1.82, 2.24) is 15.2 Å². The number of rotatable bonds is 2. The van der Waals surface area contributed by atoms with Crippen LogP contribution >= 0.6 is 15.9 Å². The molecule has 126 valence electrons. The molecule has 1 aromatic heterocycles. The minimum Gasteiger partial charge on any atom is -0.444 e. The molecule has 1 aromatic rings. The predicted octanol–water partition coefficient (Wildman–Crippen LogP) is 2.72. The standard InChI is InChI=1S/C15H19BrFN3O3/c1-15(2,3)23-14(22)20-7-6-9(8-20)18-13(21)12-10(17)4-5-11(16)19-12/h4-5,9H,6-8H2,1-3H3,(H,18,21)/t9-/m1/s1. The number of ether oxygens (including phenoxy) is 1. The number of hydrogen-bond acceptors (Lipinski definition) is 4. The van der Waals surface area contributed by atoms with Gasteiger partial charge in [-0.15, -0.1) is 0 Å². The Morgan fingerprint density at radius 2 is 2.13 bits per heavy atom. The number of hydrogen-bond donors (Lipinski definition) is 1. The maximum absolute atomic E-state index is 13.7. The van der Waals surface area contributed by atoms with Crippen LogP contribution in [0.25, 0.3) is 0 Å². The molecule has 0 aromatic carbocycles. The van der Waals surface area contributed by atoms with Crippen LogP contribution in [0.4, 0.5) is 9.18 Å². The van der Waals surface area contributed by atoms with Crippen molar-refractivity contribution in [2.75, 3.05) is 13.1 Å². The van der Waals surface area contributed by atoms with Gasteiger partial charge in [0.2, 0.25) is 0 Å². The van der Waals surface area contributed by atoms with Crippen LogP contribution in [-0.4, -0.2) is 46.6 Å². The van der Waals surface area contributed by atoms with E-state index in [2.05, 4.69) is 26.2 Å². The van der Waals surface area contributed by atoms with Gasteiger partial charge in [0.05, 0.1) is 0 Å².